The summed E-state index contributed by atoms with van der Waals surface area (Å²) in [6, 6.07) is 9.46. The van der Waals surface area contributed by atoms with Crippen molar-refractivity contribution in [3.8, 4) is 0 Å². The van der Waals surface area contributed by atoms with Gasteiger partial charge in [0.05, 0.1) is 11.4 Å². The van der Waals surface area contributed by atoms with E-state index in [2.05, 4.69) is 5.32 Å². The van der Waals surface area contributed by atoms with E-state index >= 15 is 0 Å². The van der Waals surface area contributed by atoms with Gasteiger partial charge in [0.25, 0.3) is 15.9 Å². The largest absolute Gasteiger partial charge is 0.337 e. The Labute approximate surface area is 164 Å². The molecule has 0 saturated carbocycles. The van der Waals surface area contributed by atoms with Crippen LogP contribution in [0.4, 0.5) is 4.79 Å². The van der Waals surface area contributed by atoms with Gasteiger partial charge in [-0.1, -0.05) is 19.1 Å². The molecule has 7 nitrogen and oxygen atoms in total. The topological polar surface area (TPSA) is 88.5 Å². The molecule has 0 radical (unpaired) electrons. The number of nitrogens with zero attached hydrogens (tertiary/aromatic N) is 2. The summed E-state index contributed by atoms with van der Waals surface area (Å²) in [5.74, 6) is -0.225. The van der Waals surface area contributed by atoms with E-state index in [1.807, 2.05) is 13.8 Å². The van der Waals surface area contributed by atoms with Crippen molar-refractivity contribution in [3.05, 3.63) is 65.5 Å². The first-order valence-corrected chi connectivity index (χ1v) is 10.5. The summed E-state index contributed by atoms with van der Waals surface area (Å²) in [7, 11) is -3.58. The molecule has 0 unspecified atom stereocenters. The Hall–Kier alpha value is -2.87. The van der Waals surface area contributed by atoms with Crippen molar-refractivity contribution in [1.82, 2.24) is 14.2 Å². The van der Waals surface area contributed by atoms with E-state index in [4.69, 9.17) is 0 Å². The number of amides is 3. The first-order chi connectivity index (χ1) is 13.3. The normalized spacial score (nSPS) is 14.6. The first kappa shape index (κ1) is 19.9. The minimum Gasteiger partial charge on any atom is -0.337 e. The summed E-state index contributed by atoms with van der Waals surface area (Å²) >= 11 is 0. The number of hydrogen-bond acceptors (Lipinski definition) is 4. The van der Waals surface area contributed by atoms with Crippen LogP contribution in [0.15, 0.2) is 64.8 Å². The molecule has 0 atom stereocenters. The third-order valence-corrected chi connectivity index (χ3v) is 6.44. The van der Waals surface area contributed by atoms with Gasteiger partial charge in [0.2, 0.25) is 0 Å². The van der Waals surface area contributed by atoms with Crippen molar-refractivity contribution in [2.24, 2.45) is 0 Å². The molecule has 1 N–H and O–H groups in total. The fraction of sp³-hybridized carbons (Fsp3) is 0.300. The standard InChI is InChI=1S/C20H23N3O4S/c1-3-18-15(2)14-23(19(18)24)20(25)21-11-10-16-6-8-17(9-7-16)28(26,27)22-12-4-5-13-22/h4-9,12-13H,3,10-11,14H2,1-2H3,(H,21,25). The predicted molar refractivity (Wildman–Crippen MR) is 105 cm³/mol. The molecule has 3 amide bonds. The Bertz CT molecular complexity index is 1010. The molecule has 1 aliphatic heterocycles. The van der Waals surface area contributed by atoms with Gasteiger partial charge in [-0.25, -0.2) is 17.2 Å². The average molecular weight is 401 g/mol. The van der Waals surface area contributed by atoms with Crippen molar-refractivity contribution >= 4 is 22.0 Å². The molecule has 3 rings (SSSR count). The zero-order valence-corrected chi connectivity index (χ0v) is 16.7. The Kier molecular flexibility index (Phi) is 5.69. The monoisotopic (exact) mass is 401 g/mol. The number of benzene rings is 1. The molecule has 1 aromatic heterocycles. The van der Waals surface area contributed by atoms with E-state index in [-0.39, 0.29) is 10.8 Å². The van der Waals surface area contributed by atoms with Crippen LogP contribution in [0.3, 0.4) is 0 Å². The molecule has 28 heavy (non-hydrogen) atoms. The molecular formula is C20H23N3O4S. The van der Waals surface area contributed by atoms with Crippen LogP contribution in [0.5, 0.6) is 0 Å². The quantitative estimate of drug-likeness (QED) is 0.806. The summed E-state index contributed by atoms with van der Waals surface area (Å²) in [6.07, 6.45) is 4.12. The number of rotatable bonds is 6. The highest BCUT2D eigenvalue weighted by Gasteiger charge is 2.31. The molecular weight excluding hydrogens is 378 g/mol. The van der Waals surface area contributed by atoms with Crippen molar-refractivity contribution in [2.75, 3.05) is 13.1 Å². The van der Waals surface area contributed by atoms with Crippen LogP contribution in [0.2, 0.25) is 0 Å². The SMILES string of the molecule is CCC1=C(C)CN(C(=O)NCCc2ccc(S(=O)(=O)n3cccc3)cc2)C1=O. The van der Waals surface area contributed by atoms with E-state index < -0.39 is 16.1 Å². The number of urea groups is 1. The average Bonchev–Trinajstić information content (AvgIpc) is 3.31. The Balaban J connectivity index is 1.55. The van der Waals surface area contributed by atoms with E-state index in [0.717, 1.165) is 15.1 Å². The van der Waals surface area contributed by atoms with Gasteiger partial charge in [-0.15, -0.1) is 0 Å². The van der Waals surface area contributed by atoms with E-state index in [9.17, 15) is 18.0 Å². The molecule has 0 saturated heterocycles. The molecule has 148 valence electrons. The number of carbonyl (C=O) groups is 2. The maximum absolute atomic E-state index is 12.4. The van der Waals surface area contributed by atoms with Gasteiger partial charge in [-0.2, -0.15) is 0 Å². The van der Waals surface area contributed by atoms with Crippen LogP contribution in [0.1, 0.15) is 25.8 Å². The summed E-state index contributed by atoms with van der Waals surface area (Å²) in [5.41, 5.74) is 2.53. The van der Waals surface area contributed by atoms with Gasteiger partial charge >= 0.3 is 6.03 Å². The highest BCUT2D eigenvalue weighted by atomic mass is 32.2. The lowest BCUT2D eigenvalue weighted by Crippen LogP contribution is -2.42. The lowest BCUT2D eigenvalue weighted by Gasteiger charge is -2.16. The second-order valence-electron chi connectivity index (χ2n) is 6.65. The minimum atomic E-state index is -3.58. The fourth-order valence-corrected chi connectivity index (χ4v) is 4.39. The van der Waals surface area contributed by atoms with Crippen LogP contribution in [-0.2, 0) is 21.2 Å². The summed E-state index contributed by atoms with van der Waals surface area (Å²) in [6.45, 7) is 4.46. The van der Waals surface area contributed by atoms with Crippen molar-refractivity contribution < 1.29 is 18.0 Å². The number of aromatic nitrogens is 1. The first-order valence-electron chi connectivity index (χ1n) is 9.10. The Morgan fingerprint density at radius 1 is 1.14 bits per heavy atom. The third-order valence-electron chi connectivity index (χ3n) is 4.78. The minimum absolute atomic E-state index is 0.202. The lowest BCUT2D eigenvalue weighted by atomic mass is 10.1. The molecule has 0 spiro atoms. The van der Waals surface area contributed by atoms with Gasteiger partial charge in [0, 0.05) is 24.5 Å². The smallest absolute Gasteiger partial charge is 0.324 e. The Morgan fingerprint density at radius 3 is 2.36 bits per heavy atom. The van der Waals surface area contributed by atoms with E-state index in [1.165, 1.54) is 17.3 Å². The molecule has 8 heteroatoms. The number of imide groups is 1. The van der Waals surface area contributed by atoms with Crippen molar-refractivity contribution in [2.45, 2.75) is 31.6 Å². The summed E-state index contributed by atoms with van der Waals surface area (Å²) < 4.78 is 26.0. The van der Waals surface area contributed by atoms with Gasteiger partial charge in [-0.3, -0.25) is 9.69 Å². The van der Waals surface area contributed by atoms with Gasteiger partial charge in [0.15, 0.2) is 0 Å². The van der Waals surface area contributed by atoms with Crippen LogP contribution < -0.4 is 5.32 Å². The van der Waals surface area contributed by atoms with Crippen LogP contribution in [-0.4, -0.2) is 42.3 Å². The molecule has 2 aromatic rings. The van der Waals surface area contributed by atoms with Gasteiger partial charge in [-0.05, 0) is 55.2 Å². The number of hydrogen-bond donors (Lipinski definition) is 1. The van der Waals surface area contributed by atoms with Gasteiger partial charge in [0.1, 0.15) is 0 Å². The predicted octanol–water partition coefficient (Wildman–Crippen LogP) is 2.55. The van der Waals surface area contributed by atoms with E-state index in [1.54, 1.807) is 36.4 Å². The van der Waals surface area contributed by atoms with Crippen LogP contribution in [0, 0.1) is 0 Å². The molecule has 1 aliphatic rings. The highest BCUT2D eigenvalue weighted by Crippen LogP contribution is 2.21. The Morgan fingerprint density at radius 2 is 1.79 bits per heavy atom. The van der Waals surface area contributed by atoms with E-state index in [0.29, 0.717) is 31.5 Å². The molecule has 0 fully saturated rings. The highest BCUT2D eigenvalue weighted by molar-refractivity contribution is 7.90. The molecule has 2 heterocycles. The van der Waals surface area contributed by atoms with Crippen LogP contribution in [0.25, 0.3) is 0 Å². The third kappa shape index (κ3) is 3.87. The second-order valence-corrected chi connectivity index (χ2v) is 8.49. The molecule has 0 bridgehead atoms. The number of carbonyl (C=O) groups excluding carboxylic acids is 2. The fourth-order valence-electron chi connectivity index (χ4n) is 3.20. The molecule has 0 aliphatic carbocycles. The maximum Gasteiger partial charge on any atom is 0.324 e. The summed E-state index contributed by atoms with van der Waals surface area (Å²) in [4.78, 5) is 25.9. The number of nitrogens with one attached hydrogen (secondary N) is 1. The van der Waals surface area contributed by atoms with Crippen molar-refractivity contribution in [1.29, 1.82) is 0 Å². The second kappa shape index (κ2) is 8.02. The lowest BCUT2D eigenvalue weighted by molar-refractivity contribution is -0.123. The molecule has 1 aromatic carbocycles. The van der Waals surface area contributed by atoms with Gasteiger partial charge < -0.3 is 5.32 Å². The zero-order valence-electron chi connectivity index (χ0n) is 15.9. The zero-order chi connectivity index (χ0) is 20.3. The van der Waals surface area contributed by atoms with Crippen LogP contribution >= 0.6 is 0 Å². The van der Waals surface area contributed by atoms with Crippen molar-refractivity contribution in [3.63, 3.8) is 0 Å². The maximum atomic E-state index is 12.4. The summed E-state index contributed by atoms with van der Waals surface area (Å²) in [5, 5.41) is 2.75.